The molecule has 0 aromatic rings. The van der Waals surface area contributed by atoms with Crippen LogP contribution in [0.25, 0.3) is 0 Å². The quantitative estimate of drug-likeness (QED) is 0.696. The van der Waals surface area contributed by atoms with Crippen LogP contribution in [0.2, 0.25) is 0 Å². The lowest BCUT2D eigenvalue weighted by atomic mass is 10.1. The van der Waals surface area contributed by atoms with Crippen molar-refractivity contribution in [1.82, 2.24) is 0 Å². The van der Waals surface area contributed by atoms with Gasteiger partial charge in [0, 0.05) is 13.0 Å². The summed E-state index contributed by atoms with van der Waals surface area (Å²) in [5.74, 6) is 0. The Morgan fingerprint density at radius 1 is 1.25 bits per heavy atom. The Hall–Kier alpha value is -0.150. The molecule has 0 aliphatic rings. The van der Waals surface area contributed by atoms with Crippen LogP contribution in [0.4, 0.5) is 4.39 Å². The van der Waals surface area contributed by atoms with Gasteiger partial charge in [0.05, 0.1) is 12.2 Å². The summed E-state index contributed by atoms with van der Waals surface area (Å²) in [5, 5.41) is 0. The molecule has 0 spiro atoms. The molecular weight excluding hydrogens is 157 g/mol. The van der Waals surface area contributed by atoms with Gasteiger partial charge in [-0.05, 0) is 27.7 Å². The molecule has 2 N–H and O–H groups in total. The first-order valence-electron chi connectivity index (χ1n) is 4.30. The van der Waals surface area contributed by atoms with Gasteiger partial charge >= 0.3 is 0 Å². The molecular formula is C9H20FNO. The van der Waals surface area contributed by atoms with E-state index in [1.165, 1.54) is 0 Å². The van der Waals surface area contributed by atoms with E-state index >= 15 is 0 Å². The van der Waals surface area contributed by atoms with E-state index < -0.39 is 5.67 Å². The van der Waals surface area contributed by atoms with Crippen molar-refractivity contribution in [2.45, 2.75) is 45.4 Å². The van der Waals surface area contributed by atoms with Crippen LogP contribution in [0.15, 0.2) is 0 Å². The molecule has 0 bridgehead atoms. The third-order valence-electron chi connectivity index (χ3n) is 1.68. The summed E-state index contributed by atoms with van der Waals surface area (Å²) < 4.78 is 18.3. The highest BCUT2D eigenvalue weighted by atomic mass is 19.1. The lowest BCUT2D eigenvalue weighted by molar-refractivity contribution is -0.0257. The van der Waals surface area contributed by atoms with Crippen molar-refractivity contribution in [3.05, 3.63) is 0 Å². The molecule has 0 atom stereocenters. The fourth-order valence-electron chi connectivity index (χ4n) is 0.629. The van der Waals surface area contributed by atoms with Gasteiger partial charge in [-0.3, -0.25) is 0 Å². The third kappa shape index (κ3) is 6.55. The maximum atomic E-state index is 13.0. The number of rotatable bonds is 5. The molecule has 0 unspecified atom stereocenters. The zero-order valence-electron chi connectivity index (χ0n) is 8.48. The van der Waals surface area contributed by atoms with E-state index in [4.69, 9.17) is 10.5 Å². The maximum Gasteiger partial charge on any atom is 0.107 e. The fourth-order valence-corrected chi connectivity index (χ4v) is 0.629. The van der Waals surface area contributed by atoms with E-state index in [9.17, 15) is 4.39 Å². The van der Waals surface area contributed by atoms with Crippen molar-refractivity contribution < 1.29 is 9.13 Å². The lowest BCUT2D eigenvalue weighted by Gasteiger charge is -2.24. The normalized spacial score (nSPS) is 13.5. The molecule has 0 aliphatic carbocycles. The van der Waals surface area contributed by atoms with Crippen LogP contribution >= 0.6 is 0 Å². The van der Waals surface area contributed by atoms with Crippen molar-refractivity contribution in [1.29, 1.82) is 0 Å². The average Bonchev–Trinajstić information content (AvgIpc) is 1.84. The first-order chi connectivity index (χ1) is 5.27. The van der Waals surface area contributed by atoms with E-state index in [1.54, 1.807) is 13.8 Å². The minimum absolute atomic E-state index is 0.328. The van der Waals surface area contributed by atoms with E-state index in [0.29, 0.717) is 19.6 Å². The van der Waals surface area contributed by atoms with Crippen molar-refractivity contribution in [2.75, 3.05) is 13.2 Å². The van der Waals surface area contributed by atoms with Gasteiger partial charge in [-0.2, -0.15) is 0 Å². The van der Waals surface area contributed by atoms with E-state index in [-0.39, 0.29) is 5.60 Å². The van der Waals surface area contributed by atoms with Gasteiger partial charge in [0.15, 0.2) is 0 Å². The summed E-state index contributed by atoms with van der Waals surface area (Å²) in [4.78, 5) is 0. The van der Waals surface area contributed by atoms with Crippen molar-refractivity contribution in [3.8, 4) is 0 Å². The average molecular weight is 177 g/mol. The highest BCUT2D eigenvalue weighted by Crippen LogP contribution is 2.15. The first-order valence-corrected chi connectivity index (χ1v) is 4.30. The number of hydrogen-bond donors (Lipinski definition) is 1. The molecule has 2 nitrogen and oxygen atoms in total. The molecule has 0 fully saturated rings. The number of ether oxygens (including phenoxy) is 1. The topological polar surface area (TPSA) is 35.2 Å². The van der Waals surface area contributed by atoms with Crippen molar-refractivity contribution in [3.63, 3.8) is 0 Å². The van der Waals surface area contributed by atoms with Gasteiger partial charge in [-0.15, -0.1) is 0 Å². The maximum absolute atomic E-state index is 13.0. The van der Waals surface area contributed by atoms with Crippen LogP contribution in [-0.4, -0.2) is 24.4 Å². The fraction of sp³-hybridized carbons (Fsp3) is 1.00. The van der Waals surface area contributed by atoms with Gasteiger partial charge in [0.2, 0.25) is 0 Å². The Kier molecular flexibility index (Phi) is 4.14. The second kappa shape index (κ2) is 4.19. The smallest absolute Gasteiger partial charge is 0.107 e. The highest BCUT2D eigenvalue weighted by Gasteiger charge is 2.19. The Morgan fingerprint density at radius 2 is 1.75 bits per heavy atom. The zero-order valence-corrected chi connectivity index (χ0v) is 8.48. The molecule has 0 aromatic carbocycles. The summed E-state index contributed by atoms with van der Waals surface area (Å²) in [6, 6.07) is 0. The molecule has 0 aromatic heterocycles. The predicted octanol–water partition coefficient (Wildman–Crippen LogP) is 1.88. The number of hydrogen-bond acceptors (Lipinski definition) is 2. The van der Waals surface area contributed by atoms with Gasteiger partial charge < -0.3 is 10.5 Å². The Balaban J connectivity index is 3.57. The predicted molar refractivity (Wildman–Crippen MR) is 48.9 cm³/mol. The Labute approximate surface area is 74.3 Å². The molecule has 0 amide bonds. The van der Waals surface area contributed by atoms with Gasteiger partial charge in [-0.1, -0.05) is 0 Å². The largest absolute Gasteiger partial charge is 0.374 e. The van der Waals surface area contributed by atoms with Crippen LogP contribution in [0, 0.1) is 0 Å². The van der Waals surface area contributed by atoms with E-state index in [0.717, 1.165) is 0 Å². The lowest BCUT2D eigenvalue weighted by Crippen LogP contribution is -2.35. The van der Waals surface area contributed by atoms with Crippen LogP contribution < -0.4 is 5.73 Å². The monoisotopic (exact) mass is 177 g/mol. The molecule has 12 heavy (non-hydrogen) atoms. The minimum Gasteiger partial charge on any atom is -0.374 e. The second-order valence-corrected chi connectivity index (χ2v) is 4.28. The van der Waals surface area contributed by atoms with Gasteiger partial charge in [0.1, 0.15) is 5.67 Å². The SMILES string of the molecule is CC(C)(F)CCOC(C)(C)CN. The zero-order chi connectivity index (χ0) is 9.83. The number of nitrogens with two attached hydrogens (primary N) is 1. The summed E-state index contributed by atoms with van der Waals surface area (Å²) in [6.45, 7) is 7.78. The molecule has 74 valence electrons. The molecule has 0 radical (unpaired) electrons. The first kappa shape index (κ1) is 11.8. The van der Waals surface area contributed by atoms with Gasteiger partial charge in [0.25, 0.3) is 0 Å². The molecule has 0 saturated heterocycles. The highest BCUT2D eigenvalue weighted by molar-refractivity contribution is 4.71. The Morgan fingerprint density at radius 3 is 2.08 bits per heavy atom. The van der Waals surface area contributed by atoms with Gasteiger partial charge in [-0.25, -0.2) is 4.39 Å². The van der Waals surface area contributed by atoms with Crippen LogP contribution in [0.1, 0.15) is 34.1 Å². The summed E-state index contributed by atoms with van der Waals surface area (Å²) in [5.41, 5.74) is 3.96. The molecule has 0 heterocycles. The van der Waals surface area contributed by atoms with E-state index in [2.05, 4.69) is 0 Å². The number of halogens is 1. The second-order valence-electron chi connectivity index (χ2n) is 4.28. The van der Waals surface area contributed by atoms with Crippen LogP contribution in [0.5, 0.6) is 0 Å². The van der Waals surface area contributed by atoms with E-state index in [1.807, 2.05) is 13.8 Å². The van der Waals surface area contributed by atoms with Crippen LogP contribution in [0.3, 0.4) is 0 Å². The molecule has 3 heteroatoms. The molecule has 0 rings (SSSR count). The van der Waals surface area contributed by atoms with Crippen LogP contribution in [-0.2, 0) is 4.74 Å². The van der Waals surface area contributed by atoms with Crippen molar-refractivity contribution in [2.24, 2.45) is 5.73 Å². The molecule has 0 saturated carbocycles. The standard InChI is InChI=1S/C9H20FNO/c1-8(2,10)5-6-12-9(3,4)7-11/h5-7,11H2,1-4H3. The molecule has 0 aliphatic heterocycles. The Bertz CT molecular complexity index is 129. The number of alkyl halides is 1. The summed E-state index contributed by atoms with van der Waals surface area (Å²) in [6.07, 6.45) is 0.413. The van der Waals surface area contributed by atoms with Crippen molar-refractivity contribution >= 4 is 0 Å². The summed E-state index contributed by atoms with van der Waals surface area (Å²) >= 11 is 0. The minimum atomic E-state index is -1.15. The summed E-state index contributed by atoms with van der Waals surface area (Å²) in [7, 11) is 0. The third-order valence-corrected chi connectivity index (χ3v) is 1.68.